The van der Waals surface area contributed by atoms with Crippen LogP contribution in [0.2, 0.25) is 0 Å². The number of pyridine rings is 1. The topological polar surface area (TPSA) is 69.3 Å². The van der Waals surface area contributed by atoms with Gasteiger partial charge in [-0.3, -0.25) is 4.98 Å². The van der Waals surface area contributed by atoms with Gasteiger partial charge in [-0.05, 0) is 17.5 Å². The van der Waals surface area contributed by atoms with E-state index in [2.05, 4.69) is 9.35 Å². The highest BCUT2D eigenvalue weighted by Crippen LogP contribution is 2.28. The summed E-state index contributed by atoms with van der Waals surface area (Å²) in [5.74, 6) is -0.0501. The first-order chi connectivity index (χ1) is 8.34. The average molecular weight is 277 g/mol. The molecule has 0 bridgehead atoms. The van der Waals surface area contributed by atoms with Crippen LogP contribution in [0, 0.1) is 11.5 Å². The smallest absolute Gasteiger partial charge is 0.321 e. The van der Waals surface area contributed by atoms with Gasteiger partial charge < -0.3 is 4.55 Å². The van der Waals surface area contributed by atoms with Crippen molar-refractivity contribution in [2.45, 2.75) is 19.0 Å². The van der Waals surface area contributed by atoms with Crippen molar-refractivity contribution >= 4 is 11.0 Å². The molecule has 2 atom stereocenters. The molecule has 0 fully saturated rings. The highest BCUT2D eigenvalue weighted by molar-refractivity contribution is 7.81. The number of halogens is 3. The molecule has 1 aromatic rings. The number of rotatable bonds is 3. The van der Waals surface area contributed by atoms with E-state index in [1.807, 2.05) is 0 Å². The molecule has 1 aromatic heterocycles. The third-order valence-electron chi connectivity index (χ3n) is 2.19. The third kappa shape index (κ3) is 4.09. The van der Waals surface area contributed by atoms with Gasteiger partial charge in [0.15, 0.2) is 0 Å². The van der Waals surface area contributed by atoms with Crippen LogP contribution >= 0.6 is 0 Å². The molecule has 1 rings (SSSR count). The molecule has 0 aromatic carbocycles. The second-order valence-corrected chi connectivity index (χ2v) is 4.77. The summed E-state index contributed by atoms with van der Waals surface area (Å²) in [6, 6.07) is 2.20. The molecule has 18 heavy (non-hydrogen) atoms. The standard InChI is InChI=1S/C10H10F3N3OS/c1-7(5-18(17)16-6-14)8-2-3-9(15-4-8)10(11,12)13/h2-4,7H,5H2,1H3,(H,16,17)/t7-,18+/m1/s1. The van der Waals surface area contributed by atoms with E-state index >= 15 is 0 Å². The van der Waals surface area contributed by atoms with E-state index < -0.39 is 22.8 Å². The zero-order valence-electron chi connectivity index (χ0n) is 9.35. The van der Waals surface area contributed by atoms with Gasteiger partial charge in [0.05, 0.1) is 0 Å². The van der Waals surface area contributed by atoms with Gasteiger partial charge in [0.1, 0.15) is 5.69 Å². The van der Waals surface area contributed by atoms with Crippen molar-refractivity contribution in [1.82, 2.24) is 4.98 Å². The van der Waals surface area contributed by atoms with Gasteiger partial charge >= 0.3 is 6.18 Å². The number of hydrogen-bond donors (Lipinski definition) is 1. The zero-order valence-corrected chi connectivity index (χ0v) is 10.2. The van der Waals surface area contributed by atoms with Gasteiger partial charge in [-0.15, -0.1) is 4.36 Å². The lowest BCUT2D eigenvalue weighted by Gasteiger charge is -2.11. The van der Waals surface area contributed by atoms with Crippen molar-refractivity contribution < 1.29 is 17.7 Å². The van der Waals surface area contributed by atoms with E-state index in [-0.39, 0.29) is 11.7 Å². The monoisotopic (exact) mass is 277 g/mol. The molecule has 0 amide bonds. The number of nitriles is 1. The van der Waals surface area contributed by atoms with E-state index in [4.69, 9.17) is 5.26 Å². The second-order valence-electron chi connectivity index (χ2n) is 3.57. The molecule has 4 nitrogen and oxygen atoms in total. The second kappa shape index (κ2) is 5.93. The van der Waals surface area contributed by atoms with Gasteiger partial charge in [0, 0.05) is 22.9 Å². The molecule has 0 saturated heterocycles. The quantitative estimate of drug-likeness (QED) is 0.863. The van der Waals surface area contributed by atoms with E-state index in [9.17, 15) is 17.7 Å². The molecule has 0 aliphatic rings. The van der Waals surface area contributed by atoms with E-state index in [0.29, 0.717) is 5.56 Å². The maximum Gasteiger partial charge on any atom is 0.433 e. The first-order valence-electron chi connectivity index (χ1n) is 4.87. The van der Waals surface area contributed by atoms with Crippen LogP contribution in [0.3, 0.4) is 0 Å². The minimum absolute atomic E-state index is 0.181. The van der Waals surface area contributed by atoms with Crippen molar-refractivity contribution in [3.63, 3.8) is 0 Å². The Morgan fingerprint density at radius 3 is 2.67 bits per heavy atom. The molecule has 0 aliphatic heterocycles. The van der Waals surface area contributed by atoms with Crippen LogP contribution in [0.5, 0.6) is 0 Å². The summed E-state index contributed by atoms with van der Waals surface area (Å²) in [6.07, 6.45) is -1.86. The Labute approximate surface area is 104 Å². The summed E-state index contributed by atoms with van der Waals surface area (Å²) in [4.78, 5) is 3.33. The molecule has 0 aliphatic carbocycles. The van der Waals surface area contributed by atoms with Crippen molar-refractivity contribution in [1.29, 1.82) is 5.26 Å². The normalized spacial score (nSPS) is 15.1. The van der Waals surface area contributed by atoms with Gasteiger partial charge in [0.25, 0.3) is 0 Å². The van der Waals surface area contributed by atoms with Crippen molar-refractivity contribution in [2.24, 2.45) is 4.36 Å². The van der Waals surface area contributed by atoms with Crippen LogP contribution < -0.4 is 0 Å². The lowest BCUT2D eigenvalue weighted by atomic mass is 10.1. The molecule has 0 saturated carbocycles. The van der Waals surface area contributed by atoms with Crippen LogP contribution in [-0.2, 0) is 17.1 Å². The number of alkyl halides is 3. The summed E-state index contributed by atoms with van der Waals surface area (Å²) < 4.78 is 49.4. The number of hydrogen-bond acceptors (Lipinski definition) is 3. The van der Waals surface area contributed by atoms with Crippen LogP contribution in [0.1, 0.15) is 24.1 Å². The Hall–Kier alpha value is -1.46. The molecule has 0 unspecified atom stereocenters. The van der Waals surface area contributed by atoms with Crippen LogP contribution in [0.4, 0.5) is 13.2 Å². The molecule has 0 radical (unpaired) electrons. The first kappa shape index (κ1) is 14.6. The number of nitrogens with zero attached hydrogens (tertiary/aromatic N) is 3. The fourth-order valence-corrected chi connectivity index (χ4v) is 2.08. The molecular weight excluding hydrogens is 267 g/mol. The largest absolute Gasteiger partial charge is 0.433 e. The summed E-state index contributed by atoms with van der Waals surface area (Å²) >= 11 is 0. The highest BCUT2D eigenvalue weighted by Gasteiger charge is 2.32. The lowest BCUT2D eigenvalue weighted by molar-refractivity contribution is -0.141. The van der Waals surface area contributed by atoms with Crippen molar-refractivity contribution in [3.05, 3.63) is 29.6 Å². The SMILES string of the molecule is C[C@H](C[S@](O)=NC#N)c1ccc(C(F)(F)F)nc1. The Bertz CT molecular complexity index is 479. The molecule has 1 N–H and O–H groups in total. The zero-order chi connectivity index (χ0) is 13.8. The van der Waals surface area contributed by atoms with Gasteiger partial charge in [-0.25, -0.2) is 0 Å². The predicted molar refractivity (Wildman–Crippen MR) is 60.6 cm³/mol. The number of aromatic nitrogens is 1. The van der Waals surface area contributed by atoms with E-state index in [1.165, 1.54) is 12.3 Å². The maximum absolute atomic E-state index is 12.3. The molecule has 1 heterocycles. The van der Waals surface area contributed by atoms with Crippen LogP contribution in [0.25, 0.3) is 0 Å². The fourth-order valence-electron chi connectivity index (χ4n) is 1.27. The Morgan fingerprint density at radius 1 is 1.56 bits per heavy atom. The van der Waals surface area contributed by atoms with Gasteiger partial charge in [0.2, 0.25) is 6.19 Å². The first-order valence-corrected chi connectivity index (χ1v) is 6.18. The summed E-state index contributed by atoms with van der Waals surface area (Å²) in [7, 11) is -1.41. The summed E-state index contributed by atoms with van der Waals surface area (Å²) in [6.45, 7) is 1.72. The van der Waals surface area contributed by atoms with Gasteiger partial charge in [-0.2, -0.15) is 18.4 Å². The lowest BCUT2D eigenvalue weighted by Crippen LogP contribution is -2.10. The van der Waals surface area contributed by atoms with Gasteiger partial charge in [-0.1, -0.05) is 13.0 Å². The van der Waals surface area contributed by atoms with Crippen molar-refractivity contribution in [2.75, 3.05) is 5.75 Å². The Kier molecular flexibility index (Phi) is 4.81. The van der Waals surface area contributed by atoms with Crippen molar-refractivity contribution in [3.8, 4) is 6.19 Å². The maximum atomic E-state index is 12.3. The molecule has 98 valence electrons. The third-order valence-corrected chi connectivity index (χ3v) is 3.28. The minimum atomic E-state index is -4.46. The van der Waals surface area contributed by atoms with Crippen LogP contribution in [-0.4, -0.2) is 15.3 Å². The average Bonchev–Trinajstić information content (AvgIpc) is 2.28. The Balaban J connectivity index is 2.80. The molecule has 8 heteroatoms. The van der Waals surface area contributed by atoms with E-state index in [1.54, 1.807) is 6.92 Å². The Morgan fingerprint density at radius 2 is 2.22 bits per heavy atom. The summed E-state index contributed by atoms with van der Waals surface area (Å²) in [5.41, 5.74) is -0.397. The van der Waals surface area contributed by atoms with Crippen LogP contribution in [0.15, 0.2) is 22.7 Å². The van der Waals surface area contributed by atoms with E-state index in [0.717, 1.165) is 12.3 Å². The molecular formula is C10H10F3N3OS. The fraction of sp³-hybridized carbons (Fsp3) is 0.400. The molecule has 0 spiro atoms. The highest BCUT2D eigenvalue weighted by atomic mass is 32.2. The minimum Gasteiger partial charge on any atom is -0.321 e. The predicted octanol–water partition coefficient (Wildman–Crippen LogP) is 2.96. The summed E-state index contributed by atoms with van der Waals surface area (Å²) in [5, 5.41) is 8.24.